The number of hydrogen-bond acceptors (Lipinski definition) is 5. The van der Waals surface area contributed by atoms with Crippen LogP contribution < -0.4 is 0 Å². The molecule has 0 bridgehead atoms. The fraction of sp³-hybridized carbons (Fsp3) is 0.250. The SMILES string of the molecule is CC(C)n1cnc(C(=O)Cc2cc3cc(-c4cncn4C)cnc3cn2)c1. The molecule has 0 radical (unpaired) electrons. The summed E-state index contributed by atoms with van der Waals surface area (Å²) in [5.41, 5.74) is 3.92. The van der Waals surface area contributed by atoms with E-state index >= 15 is 0 Å². The molecular weight excluding hydrogens is 340 g/mol. The van der Waals surface area contributed by atoms with E-state index in [2.05, 4.69) is 19.9 Å². The lowest BCUT2D eigenvalue weighted by Gasteiger charge is -2.06. The molecule has 0 aromatic carbocycles. The first-order valence-electron chi connectivity index (χ1n) is 8.79. The van der Waals surface area contributed by atoms with Gasteiger partial charge in [0.2, 0.25) is 0 Å². The first-order valence-corrected chi connectivity index (χ1v) is 8.79. The summed E-state index contributed by atoms with van der Waals surface area (Å²) in [6.45, 7) is 4.10. The Morgan fingerprint density at radius 2 is 1.93 bits per heavy atom. The van der Waals surface area contributed by atoms with Crippen LogP contribution in [0.3, 0.4) is 0 Å². The molecular formula is C20H20N6O. The van der Waals surface area contributed by atoms with E-state index in [1.165, 1.54) is 0 Å². The van der Waals surface area contributed by atoms with E-state index in [1.54, 1.807) is 31.2 Å². The smallest absolute Gasteiger partial charge is 0.188 e. The summed E-state index contributed by atoms with van der Waals surface area (Å²) in [4.78, 5) is 29.8. The zero-order valence-corrected chi connectivity index (χ0v) is 15.5. The molecule has 0 saturated heterocycles. The zero-order chi connectivity index (χ0) is 19.0. The molecule has 7 heteroatoms. The van der Waals surface area contributed by atoms with E-state index in [0.717, 1.165) is 22.2 Å². The van der Waals surface area contributed by atoms with Crippen LogP contribution in [0.1, 0.15) is 36.1 Å². The molecule has 4 aromatic heterocycles. The second-order valence-electron chi connectivity index (χ2n) is 6.88. The lowest BCUT2D eigenvalue weighted by atomic mass is 10.1. The molecule has 4 rings (SSSR count). The predicted octanol–water partition coefficient (Wildman–Crippen LogP) is 3.23. The second-order valence-corrected chi connectivity index (χ2v) is 6.88. The number of nitrogens with zero attached hydrogens (tertiary/aromatic N) is 6. The molecule has 0 N–H and O–H groups in total. The highest BCUT2D eigenvalue weighted by Crippen LogP contribution is 2.22. The van der Waals surface area contributed by atoms with Gasteiger partial charge in [-0.25, -0.2) is 9.97 Å². The van der Waals surface area contributed by atoms with Crippen LogP contribution in [0.4, 0.5) is 0 Å². The maximum Gasteiger partial charge on any atom is 0.188 e. The van der Waals surface area contributed by atoms with Gasteiger partial charge >= 0.3 is 0 Å². The predicted molar refractivity (Wildman–Crippen MR) is 102 cm³/mol. The molecule has 27 heavy (non-hydrogen) atoms. The van der Waals surface area contributed by atoms with Crippen molar-refractivity contribution in [2.45, 2.75) is 26.3 Å². The second kappa shape index (κ2) is 6.75. The lowest BCUT2D eigenvalue weighted by Crippen LogP contribution is -2.06. The summed E-state index contributed by atoms with van der Waals surface area (Å²) < 4.78 is 3.87. The molecule has 0 amide bonds. The van der Waals surface area contributed by atoms with E-state index in [1.807, 2.05) is 48.4 Å². The number of fused-ring (bicyclic) bond motifs is 1. The van der Waals surface area contributed by atoms with E-state index in [4.69, 9.17) is 0 Å². The Labute approximate surface area is 156 Å². The summed E-state index contributed by atoms with van der Waals surface area (Å²) in [5.74, 6) is -0.0444. The molecule has 0 saturated carbocycles. The van der Waals surface area contributed by atoms with Crippen molar-refractivity contribution in [2.24, 2.45) is 7.05 Å². The van der Waals surface area contributed by atoms with Gasteiger partial charge in [0.25, 0.3) is 0 Å². The van der Waals surface area contributed by atoms with Crippen LogP contribution in [0.15, 0.2) is 49.6 Å². The minimum absolute atomic E-state index is 0.0444. The molecule has 0 aliphatic rings. The summed E-state index contributed by atoms with van der Waals surface area (Å²) in [5, 5.41) is 0.944. The van der Waals surface area contributed by atoms with E-state index < -0.39 is 0 Å². The maximum absolute atomic E-state index is 12.5. The average molecular weight is 360 g/mol. The monoisotopic (exact) mass is 360 g/mol. The molecule has 136 valence electrons. The van der Waals surface area contributed by atoms with Crippen LogP contribution >= 0.6 is 0 Å². The van der Waals surface area contributed by atoms with Gasteiger partial charge in [0.1, 0.15) is 5.69 Å². The number of rotatable bonds is 5. The van der Waals surface area contributed by atoms with Crippen molar-refractivity contribution in [1.29, 1.82) is 0 Å². The number of ketones is 1. The Balaban J connectivity index is 1.62. The van der Waals surface area contributed by atoms with Crippen molar-refractivity contribution in [2.75, 3.05) is 0 Å². The van der Waals surface area contributed by atoms with Crippen molar-refractivity contribution in [3.8, 4) is 11.3 Å². The Bertz CT molecular complexity index is 1120. The highest BCUT2D eigenvalue weighted by molar-refractivity contribution is 5.95. The zero-order valence-electron chi connectivity index (χ0n) is 15.5. The first kappa shape index (κ1) is 17.1. The largest absolute Gasteiger partial charge is 0.334 e. The summed E-state index contributed by atoms with van der Waals surface area (Å²) >= 11 is 0. The Kier molecular flexibility index (Phi) is 4.27. The number of imidazole rings is 2. The number of hydrogen-bond donors (Lipinski definition) is 0. The molecule has 0 atom stereocenters. The van der Waals surface area contributed by atoms with Crippen molar-refractivity contribution in [1.82, 2.24) is 29.1 Å². The van der Waals surface area contributed by atoms with Crippen molar-refractivity contribution in [3.05, 3.63) is 61.0 Å². The molecule has 4 heterocycles. The van der Waals surface area contributed by atoms with E-state index in [-0.39, 0.29) is 18.2 Å². The third kappa shape index (κ3) is 3.36. The van der Waals surface area contributed by atoms with Gasteiger partial charge < -0.3 is 9.13 Å². The molecule has 7 nitrogen and oxygen atoms in total. The number of aryl methyl sites for hydroxylation is 1. The normalized spacial score (nSPS) is 11.4. The molecule has 0 spiro atoms. The fourth-order valence-electron chi connectivity index (χ4n) is 2.97. The van der Waals surface area contributed by atoms with Gasteiger partial charge in [-0.15, -0.1) is 0 Å². The van der Waals surface area contributed by atoms with Crippen molar-refractivity contribution >= 4 is 16.7 Å². The molecule has 0 aliphatic carbocycles. The minimum atomic E-state index is -0.0444. The summed E-state index contributed by atoms with van der Waals surface area (Å²) in [6, 6.07) is 4.23. The third-order valence-corrected chi connectivity index (χ3v) is 4.56. The van der Waals surface area contributed by atoms with E-state index in [9.17, 15) is 4.79 Å². The van der Waals surface area contributed by atoms with Gasteiger partial charge in [0, 0.05) is 42.1 Å². The van der Waals surface area contributed by atoms with Gasteiger partial charge in [0.05, 0.1) is 42.7 Å². The van der Waals surface area contributed by atoms with Gasteiger partial charge in [-0.05, 0) is 26.0 Å². The molecule has 4 aromatic rings. The molecule has 0 fully saturated rings. The Hall–Kier alpha value is -3.35. The number of carbonyl (C=O) groups is 1. The minimum Gasteiger partial charge on any atom is -0.334 e. The quantitative estimate of drug-likeness (QED) is 0.511. The molecule has 0 aliphatic heterocycles. The topological polar surface area (TPSA) is 78.5 Å². The van der Waals surface area contributed by atoms with Gasteiger partial charge in [-0.3, -0.25) is 14.8 Å². The lowest BCUT2D eigenvalue weighted by molar-refractivity contribution is 0.0987. The summed E-state index contributed by atoms with van der Waals surface area (Å²) in [7, 11) is 1.94. The van der Waals surface area contributed by atoms with E-state index in [0.29, 0.717) is 11.4 Å². The third-order valence-electron chi connectivity index (χ3n) is 4.56. The van der Waals surface area contributed by atoms with Crippen LogP contribution in [-0.2, 0) is 13.5 Å². The standard InChI is InChI=1S/C20H20N6O/c1-13(2)26-10-18(24-12-26)20(27)6-16-5-14-4-15(7-23-17(14)8-22-16)19-9-21-11-25(19)3/h4-5,7-13H,6H2,1-3H3. The molecule has 0 unspecified atom stereocenters. The van der Waals surface area contributed by atoms with Gasteiger partial charge in [-0.2, -0.15) is 0 Å². The number of aromatic nitrogens is 6. The van der Waals surface area contributed by atoms with Crippen molar-refractivity contribution < 1.29 is 4.79 Å². The van der Waals surface area contributed by atoms with Gasteiger partial charge in [-0.1, -0.05) is 0 Å². The number of carbonyl (C=O) groups excluding carboxylic acids is 1. The highest BCUT2D eigenvalue weighted by atomic mass is 16.1. The number of Topliss-reactive ketones (excluding diaryl/α,β-unsaturated/α-hetero) is 1. The highest BCUT2D eigenvalue weighted by Gasteiger charge is 2.13. The first-order chi connectivity index (χ1) is 13.0. The van der Waals surface area contributed by atoms with Crippen LogP contribution in [0, 0.1) is 0 Å². The fourth-order valence-corrected chi connectivity index (χ4v) is 2.97. The number of pyridine rings is 2. The Morgan fingerprint density at radius 1 is 1.07 bits per heavy atom. The van der Waals surface area contributed by atoms with Crippen LogP contribution in [0.5, 0.6) is 0 Å². The van der Waals surface area contributed by atoms with Gasteiger partial charge in [0.15, 0.2) is 5.78 Å². The maximum atomic E-state index is 12.5. The van der Waals surface area contributed by atoms with Crippen molar-refractivity contribution in [3.63, 3.8) is 0 Å². The van der Waals surface area contributed by atoms with Crippen LogP contribution in [0.2, 0.25) is 0 Å². The average Bonchev–Trinajstić information content (AvgIpc) is 3.30. The van der Waals surface area contributed by atoms with Crippen LogP contribution in [0.25, 0.3) is 22.2 Å². The van der Waals surface area contributed by atoms with Crippen LogP contribution in [-0.4, -0.2) is 34.9 Å². The summed E-state index contributed by atoms with van der Waals surface area (Å²) in [6.07, 6.45) is 10.8. The Morgan fingerprint density at radius 3 is 2.63 bits per heavy atom.